The van der Waals surface area contributed by atoms with Gasteiger partial charge >= 0.3 is 0 Å². The average molecular weight is 332 g/mol. The van der Waals surface area contributed by atoms with Gasteiger partial charge in [-0.05, 0) is 11.6 Å². The summed E-state index contributed by atoms with van der Waals surface area (Å²) in [6, 6.07) is 9.33. The Balaban J connectivity index is 1.64. The fourth-order valence-corrected chi connectivity index (χ4v) is 3.84. The molecule has 2 saturated heterocycles. The molecular formula is C17H20N2O3S. The largest absolute Gasteiger partial charge is 0.378 e. The van der Waals surface area contributed by atoms with Crippen molar-refractivity contribution in [1.29, 1.82) is 0 Å². The van der Waals surface area contributed by atoms with Gasteiger partial charge < -0.3 is 14.5 Å². The summed E-state index contributed by atoms with van der Waals surface area (Å²) in [4.78, 5) is 28.6. The molecule has 0 saturated carbocycles. The molecule has 2 aliphatic heterocycles. The zero-order valence-electron chi connectivity index (χ0n) is 12.9. The Morgan fingerprint density at radius 1 is 1.17 bits per heavy atom. The van der Waals surface area contributed by atoms with Crippen LogP contribution < -0.4 is 0 Å². The van der Waals surface area contributed by atoms with Gasteiger partial charge in [0, 0.05) is 24.9 Å². The molecule has 0 bridgehead atoms. The first kappa shape index (κ1) is 16.1. The molecule has 0 aromatic heterocycles. The van der Waals surface area contributed by atoms with Crippen LogP contribution in [0.3, 0.4) is 0 Å². The van der Waals surface area contributed by atoms with Crippen LogP contribution in [0.4, 0.5) is 0 Å². The number of rotatable bonds is 3. The summed E-state index contributed by atoms with van der Waals surface area (Å²) in [6.07, 6.45) is 3.35. The van der Waals surface area contributed by atoms with Gasteiger partial charge in [-0.25, -0.2) is 0 Å². The van der Waals surface area contributed by atoms with Crippen molar-refractivity contribution in [2.75, 3.05) is 37.9 Å². The maximum absolute atomic E-state index is 12.6. The summed E-state index contributed by atoms with van der Waals surface area (Å²) >= 11 is 1.63. The number of morpholine rings is 1. The van der Waals surface area contributed by atoms with E-state index in [-0.39, 0.29) is 17.9 Å². The quantitative estimate of drug-likeness (QED) is 0.787. The fourth-order valence-electron chi connectivity index (χ4n) is 2.69. The topological polar surface area (TPSA) is 49.9 Å². The van der Waals surface area contributed by atoms with E-state index < -0.39 is 0 Å². The van der Waals surface area contributed by atoms with Crippen molar-refractivity contribution in [3.8, 4) is 0 Å². The number of carbonyl (C=O) groups is 2. The van der Waals surface area contributed by atoms with Gasteiger partial charge in [0.15, 0.2) is 0 Å². The number of amides is 2. The zero-order chi connectivity index (χ0) is 16.1. The maximum Gasteiger partial charge on any atom is 0.247 e. The minimum absolute atomic E-state index is 0.0414. The zero-order valence-corrected chi connectivity index (χ0v) is 13.7. The van der Waals surface area contributed by atoms with Gasteiger partial charge in [-0.2, -0.15) is 0 Å². The number of benzene rings is 1. The maximum atomic E-state index is 12.6. The third-order valence-electron chi connectivity index (χ3n) is 3.99. The molecule has 1 atom stereocenters. The van der Waals surface area contributed by atoms with E-state index in [0.717, 1.165) is 5.56 Å². The molecular weight excluding hydrogens is 312 g/mol. The molecule has 1 aromatic rings. The number of hydrogen-bond acceptors (Lipinski definition) is 4. The highest BCUT2D eigenvalue weighted by molar-refractivity contribution is 7.99. The predicted molar refractivity (Wildman–Crippen MR) is 90.8 cm³/mol. The smallest absolute Gasteiger partial charge is 0.247 e. The highest BCUT2D eigenvalue weighted by Crippen LogP contribution is 2.23. The third-order valence-corrected chi connectivity index (χ3v) is 5.00. The lowest BCUT2D eigenvalue weighted by Crippen LogP contribution is -2.51. The van der Waals surface area contributed by atoms with Crippen molar-refractivity contribution in [2.24, 2.45) is 0 Å². The van der Waals surface area contributed by atoms with Crippen LogP contribution in [0, 0.1) is 0 Å². The number of hydrogen-bond donors (Lipinski definition) is 0. The van der Waals surface area contributed by atoms with E-state index >= 15 is 0 Å². The molecule has 6 heteroatoms. The lowest BCUT2D eigenvalue weighted by molar-refractivity contribution is -0.144. The second kappa shape index (κ2) is 7.66. The molecule has 1 aromatic carbocycles. The first-order valence-electron chi connectivity index (χ1n) is 7.74. The molecule has 23 heavy (non-hydrogen) atoms. The van der Waals surface area contributed by atoms with Crippen molar-refractivity contribution in [2.45, 2.75) is 6.04 Å². The van der Waals surface area contributed by atoms with Crippen LogP contribution in [-0.2, 0) is 14.3 Å². The van der Waals surface area contributed by atoms with Gasteiger partial charge in [0.25, 0.3) is 0 Å². The molecule has 2 fully saturated rings. The van der Waals surface area contributed by atoms with E-state index in [0.29, 0.717) is 37.9 Å². The fraction of sp³-hybridized carbons (Fsp3) is 0.412. The SMILES string of the molecule is O=C(C1CSCN1C(=O)/C=C\c1ccccc1)N1CCOCC1. The monoisotopic (exact) mass is 332 g/mol. The van der Waals surface area contributed by atoms with Crippen molar-refractivity contribution in [1.82, 2.24) is 9.80 Å². The molecule has 5 nitrogen and oxygen atoms in total. The van der Waals surface area contributed by atoms with Crippen LogP contribution in [0.25, 0.3) is 6.08 Å². The minimum Gasteiger partial charge on any atom is -0.378 e. The van der Waals surface area contributed by atoms with Gasteiger partial charge in [0.1, 0.15) is 6.04 Å². The molecule has 0 radical (unpaired) electrons. The van der Waals surface area contributed by atoms with Crippen LogP contribution in [0.15, 0.2) is 36.4 Å². The second-order valence-electron chi connectivity index (χ2n) is 5.51. The minimum atomic E-state index is -0.356. The Bertz CT molecular complexity index is 585. The van der Waals surface area contributed by atoms with E-state index in [2.05, 4.69) is 0 Å². The van der Waals surface area contributed by atoms with Gasteiger partial charge in [0.2, 0.25) is 11.8 Å². The first-order chi connectivity index (χ1) is 11.3. The van der Waals surface area contributed by atoms with Crippen molar-refractivity contribution < 1.29 is 14.3 Å². The lowest BCUT2D eigenvalue weighted by Gasteiger charge is -2.31. The average Bonchev–Trinajstić information content (AvgIpc) is 3.10. The van der Waals surface area contributed by atoms with Crippen LogP contribution in [0.2, 0.25) is 0 Å². The predicted octanol–water partition coefficient (Wildman–Crippen LogP) is 1.46. The van der Waals surface area contributed by atoms with E-state index in [1.165, 1.54) is 0 Å². The molecule has 0 aliphatic carbocycles. The summed E-state index contributed by atoms with van der Waals surface area (Å²) in [7, 11) is 0. The Morgan fingerprint density at radius 2 is 1.91 bits per heavy atom. The van der Waals surface area contributed by atoms with E-state index in [9.17, 15) is 9.59 Å². The molecule has 2 heterocycles. The van der Waals surface area contributed by atoms with Crippen molar-refractivity contribution >= 4 is 29.7 Å². The summed E-state index contributed by atoms with van der Waals surface area (Å²) in [5.41, 5.74) is 0.976. The molecule has 2 amide bonds. The Labute approximate surface area is 140 Å². The van der Waals surface area contributed by atoms with Gasteiger partial charge in [0.05, 0.1) is 19.1 Å². The normalized spacial score (nSPS) is 21.8. The van der Waals surface area contributed by atoms with Crippen LogP contribution in [-0.4, -0.2) is 65.6 Å². The van der Waals surface area contributed by atoms with Gasteiger partial charge in [-0.15, -0.1) is 11.8 Å². The highest BCUT2D eigenvalue weighted by Gasteiger charge is 2.36. The number of nitrogens with zero attached hydrogens (tertiary/aromatic N) is 2. The van der Waals surface area contributed by atoms with Crippen LogP contribution >= 0.6 is 11.8 Å². The van der Waals surface area contributed by atoms with E-state index in [1.54, 1.807) is 33.7 Å². The molecule has 122 valence electrons. The lowest BCUT2D eigenvalue weighted by atomic mass is 10.2. The molecule has 1 unspecified atom stereocenters. The summed E-state index contributed by atoms with van der Waals surface area (Å²) in [6.45, 7) is 2.38. The summed E-state index contributed by atoms with van der Waals surface area (Å²) < 4.78 is 5.28. The van der Waals surface area contributed by atoms with Crippen LogP contribution in [0.1, 0.15) is 5.56 Å². The van der Waals surface area contributed by atoms with E-state index in [4.69, 9.17) is 4.74 Å². The molecule has 2 aliphatic rings. The molecule has 3 rings (SSSR count). The van der Waals surface area contributed by atoms with Crippen molar-refractivity contribution in [3.05, 3.63) is 42.0 Å². The third kappa shape index (κ3) is 3.95. The van der Waals surface area contributed by atoms with Crippen molar-refractivity contribution in [3.63, 3.8) is 0 Å². The van der Waals surface area contributed by atoms with E-state index in [1.807, 2.05) is 30.3 Å². The Kier molecular flexibility index (Phi) is 5.35. The Morgan fingerprint density at radius 3 is 2.65 bits per heavy atom. The Hall–Kier alpha value is -1.79. The standard InChI is InChI=1S/C17H20N2O3S/c20-16(7-6-14-4-2-1-3-5-14)19-13-23-12-15(19)17(21)18-8-10-22-11-9-18/h1-7,15H,8-13H2/b7-6-. The summed E-state index contributed by atoms with van der Waals surface area (Å²) in [5, 5.41) is 0. The highest BCUT2D eigenvalue weighted by atomic mass is 32.2. The number of ether oxygens (including phenoxy) is 1. The van der Waals surface area contributed by atoms with Gasteiger partial charge in [-0.3, -0.25) is 9.59 Å². The second-order valence-corrected chi connectivity index (χ2v) is 6.51. The van der Waals surface area contributed by atoms with Crippen LogP contribution in [0.5, 0.6) is 0 Å². The summed E-state index contributed by atoms with van der Waals surface area (Å²) in [5.74, 6) is 1.17. The first-order valence-corrected chi connectivity index (χ1v) is 8.89. The van der Waals surface area contributed by atoms with Gasteiger partial charge in [-0.1, -0.05) is 30.3 Å². The molecule has 0 spiro atoms. The molecule has 0 N–H and O–H groups in total. The number of thioether (sulfide) groups is 1. The number of carbonyl (C=O) groups excluding carboxylic acids is 2.